The average molecular weight is 577 g/mol. The van der Waals surface area contributed by atoms with Gasteiger partial charge in [0.05, 0.1) is 0 Å². The lowest BCUT2D eigenvalue weighted by molar-refractivity contribution is 0.663. The van der Waals surface area contributed by atoms with E-state index in [1.165, 1.54) is 96.6 Å². The Hall–Kier alpha value is -4.98. The van der Waals surface area contributed by atoms with E-state index in [-0.39, 0.29) is 5.41 Å². The lowest BCUT2D eigenvalue weighted by Gasteiger charge is -2.21. The second-order valence-electron chi connectivity index (χ2n) is 12.8. The van der Waals surface area contributed by atoms with Crippen LogP contribution in [-0.4, -0.2) is 0 Å². The van der Waals surface area contributed by atoms with Crippen molar-refractivity contribution >= 4 is 74.6 Å². The number of benzene rings is 8. The summed E-state index contributed by atoms with van der Waals surface area (Å²) in [4.78, 5) is 0. The molecule has 0 aliphatic heterocycles. The molecule has 1 aromatic heterocycles. The molecule has 1 heteroatoms. The molecular weight excluding hydrogens is 549 g/mol. The van der Waals surface area contributed by atoms with Gasteiger partial charge in [-0.25, -0.2) is 0 Å². The lowest BCUT2D eigenvalue weighted by Crippen LogP contribution is -2.14. The van der Waals surface area contributed by atoms with E-state index < -0.39 is 0 Å². The van der Waals surface area contributed by atoms with Gasteiger partial charge in [-0.05, 0) is 83.0 Å². The van der Waals surface area contributed by atoms with E-state index in [9.17, 15) is 0 Å². The van der Waals surface area contributed by atoms with Gasteiger partial charge in [0, 0.05) is 31.2 Å². The average Bonchev–Trinajstić information content (AvgIpc) is 3.56. The van der Waals surface area contributed by atoms with Crippen molar-refractivity contribution in [2.24, 2.45) is 0 Å². The molecule has 1 aliphatic carbocycles. The summed E-state index contributed by atoms with van der Waals surface area (Å²) < 4.78 is 2.70. The Morgan fingerprint density at radius 2 is 0.955 bits per heavy atom. The van der Waals surface area contributed by atoms with Crippen LogP contribution in [0.5, 0.6) is 0 Å². The summed E-state index contributed by atoms with van der Waals surface area (Å²) in [5.41, 5.74) is 8.16. The molecule has 0 saturated heterocycles. The molecule has 0 saturated carbocycles. The van der Waals surface area contributed by atoms with Gasteiger partial charge in [0.25, 0.3) is 0 Å². The Morgan fingerprint density at radius 1 is 0.432 bits per heavy atom. The van der Waals surface area contributed by atoms with Crippen LogP contribution in [-0.2, 0) is 5.41 Å². The summed E-state index contributed by atoms with van der Waals surface area (Å²) in [5.74, 6) is 0. The maximum absolute atomic E-state index is 2.47. The molecule has 206 valence electrons. The third-order valence-corrected chi connectivity index (χ3v) is 11.4. The molecule has 0 amide bonds. The van der Waals surface area contributed by atoms with Gasteiger partial charge in [-0.3, -0.25) is 0 Å². The topological polar surface area (TPSA) is 0 Å². The second kappa shape index (κ2) is 8.56. The lowest BCUT2D eigenvalue weighted by atomic mass is 9.81. The molecule has 10 rings (SSSR count). The summed E-state index contributed by atoms with van der Waals surface area (Å²) in [7, 11) is 0. The normalized spacial score (nSPS) is 13.9. The molecule has 0 nitrogen and oxygen atoms in total. The van der Waals surface area contributed by atoms with Crippen molar-refractivity contribution in [3.8, 4) is 22.3 Å². The van der Waals surface area contributed by atoms with Crippen molar-refractivity contribution in [1.82, 2.24) is 0 Å². The first-order chi connectivity index (χ1) is 21.6. The first-order valence-electron chi connectivity index (χ1n) is 15.4. The maximum Gasteiger partial charge on any atom is 0.0434 e. The first kappa shape index (κ1) is 24.5. The van der Waals surface area contributed by atoms with Crippen LogP contribution in [0.15, 0.2) is 133 Å². The summed E-state index contributed by atoms with van der Waals surface area (Å²) in [6.45, 7) is 4.76. The third-order valence-electron chi connectivity index (χ3n) is 10.2. The van der Waals surface area contributed by atoms with Crippen molar-refractivity contribution in [2.75, 3.05) is 0 Å². The molecule has 0 bridgehead atoms. The largest absolute Gasteiger partial charge is 0.135 e. The summed E-state index contributed by atoms with van der Waals surface area (Å²) in [6, 6.07) is 50.1. The molecule has 9 aromatic rings. The van der Waals surface area contributed by atoms with Gasteiger partial charge in [0.15, 0.2) is 0 Å². The van der Waals surface area contributed by atoms with E-state index in [1.54, 1.807) is 0 Å². The van der Waals surface area contributed by atoms with E-state index in [0.717, 1.165) is 0 Å². The van der Waals surface area contributed by atoms with Gasteiger partial charge in [-0.1, -0.05) is 135 Å². The summed E-state index contributed by atoms with van der Waals surface area (Å²) >= 11 is 1.91. The zero-order valence-corrected chi connectivity index (χ0v) is 25.4. The Bertz CT molecular complexity index is 2630. The molecule has 1 aliphatic rings. The highest BCUT2D eigenvalue weighted by molar-refractivity contribution is 7.26. The number of hydrogen-bond donors (Lipinski definition) is 0. The van der Waals surface area contributed by atoms with Crippen LogP contribution in [0.2, 0.25) is 0 Å². The van der Waals surface area contributed by atoms with Gasteiger partial charge in [-0.15, -0.1) is 11.3 Å². The van der Waals surface area contributed by atoms with Crippen LogP contribution in [0.25, 0.3) is 85.5 Å². The molecule has 1 heterocycles. The predicted octanol–water partition coefficient (Wildman–Crippen LogP) is 12.6. The Morgan fingerprint density at radius 3 is 1.66 bits per heavy atom. The quantitative estimate of drug-likeness (QED) is 0.142. The fourth-order valence-corrected chi connectivity index (χ4v) is 9.52. The number of hydrogen-bond acceptors (Lipinski definition) is 1. The Kier molecular flexibility index (Phi) is 4.76. The van der Waals surface area contributed by atoms with Crippen molar-refractivity contribution in [1.29, 1.82) is 0 Å². The highest BCUT2D eigenvalue weighted by Gasteiger charge is 2.34. The molecule has 44 heavy (non-hydrogen) atoms. The highest BCUT2D eigenvalue weighted by atomic mass is 32.1. The fourth-order valence-electron chi connectivity index (χ4n) is 8.30. The molecule has 0 atom stereocenters. The van der Waals surface area contributed by atoms with Crippen LogP contribution in [0.4, 0.5) is 0 Å². The summed E-state index contributed by atoms with van der Waals surface area (Å²) in [5, 5.41) is 13.4. The van der Waals surface area contributed by atoms with Crippen molar-refractivity contribution in [3.05, 3.63) is 145 Å². The smallest absolute Gasteiger partial charge is 0.0434 e. The number of thiophene rings is 1. The van der Waals surface area contributed by atoms with E-state index in [4.69, 9.17) is 0 Å². The van der Waals surface area contributed by atoms with Crippen LogP contribution in [0.3, 0.4) is 0 Å². The number of fused-ring (bicyclic) bond motifs is 5. The van der Waals surface area contributed by atoms with Crippen LogP contribution in [0.1, 0.15) is 25.0 Å². The highest BCUT2D eigenvalue weighted by Crippen LogP contribution is 2.53. The van der Waals surface area contributed by atoms with Gasteiger partial charge < -0.3 is 0 Å². The van der Waals surface area contributed by atoms with Crippen LogP contribution >= 0.6 is 11.3 Å². The minimum atomic E-state index is -0.0170. The second-order valence-corrected chi connectivity index (χ2v) is 13.9. The van der Waals surface area contributed by atoms with E-state index in [1.807, 2.05) is 11.3 Å². The van der Waals surface area contributed by atoms with E-state index >= 15 is 0 Å². The zero-order chi connectivity index (χ0) is 29.2. The molecule has 0 fully saturated rings. The van der Waals surface area contributed by atoms with Gasteiger partial charge in [-0.2, -0.15) is 0 Å². The molecular formula is C43H28S. The Labute approximate surface area is 259 Å². The van der Waals surface area contributed by atoms with E-state index in [2.05, 4.69) is 147 Å². The minimum Gasteiger partial charge on any atom is -0.135 e. The monoisotopic (exact) mass is 576 g/mol. The predicted molar refractivity (Wildman–Crippen MR) is 192 cm³/mol. The van der Waals surface area contributed by atoms with Crippen LogP contribution in [0, 0.1) is 0 Å². The fraction of sp³-hybridized carbons (Fsp3) is 0.0698. The first-order valence-corrected chi connectivity index (χ1v) is 16.3. The van der Waals surface area contributed by atoms with Gasteiger partial charge >= 0.3 is 0 Å². The molecule has 8 aromatic carbocycles. The van der Waals surface area contributed by atoms with Crippen molar-refractivity contribution in [3.63, 3.8) is 0 Å². The maximum atomic E-state index is 2.47. The van der Waals surface area contributed by atoms with Crippen molar-refractivity contribution in [2.45, 2.75) is 19.3 Å². The molecule has 0 unspecified atom stereocenters. The molecule has 0 N–H and O–H groups in total. The Balaban J connectivity index is 1.39. The zero-order valence-electron chi connectivity index (χ0n) is 24.6. The van der Waals surface area contributed by atoms with Crippen molar-refractivity contribution < 1.29 is 0 Å². The molecule has 0 radical (unpaired) electrons. The van der Waals surface area contributed by atoms with E-state index in [0.29, 0.717) is 0 Å². The SMILES string of the molecule is CC1(C)c2cccc3cc(-c4c5ccccc5c(-c5cccc6c5sc5ccccc56)c5ccccc45)c4cccc1c4c23. The summed E-state index contributed by atoms with van der Waals surface area (Å²) in [6.07, 6.45) is 0. The molecule has 0 spiro atoms. The van der Waals surface area contributed by atoms with Gasteiger partial charge in [0.2, 0.25) is 0 Å². The third kappa shape index (κ3) is 3.02. The van der Waals surface area contributed by atoms with Gasteiger partial charge in [0.1, 0.15) is 0 Å². The van der Waals surface area contributed by atoms with Crippen LogP contribution < -0.4 is 0 Å². The standard InChI is InChI=1S/C43H28S/c1-43(2)35-21-9-12-25-24-34(31-18-11-22-36(43)41(31)38(25)35)40-29-16-5-3-14-27(29)39(28-15-4-6-17-30(28)40)33-20-10-19-32-26-13-7-8-23-37(26)44-42(32)33/h3-24H,1-2H3. The minimum absolute atomic E-state index is 0.0170. The number of rotatable bonds is 2.